The van der Waals surface area contributed by atoms with E-state index in [1.807, 2.05) is 0 Å². The zero-order valence-corrected chi connectivity index (χ0v) is 11.2. The molecule has 1 unspecified atom stereocenters. The summed E-state index contributed by atoms with van der Waals surface area (Å²) in [5.41, 5.74) is 0. The summed E-state index contributed by atoms with van der Waals surface area (Å²) in [6.45, 7) is 3.34. The van der Waals surface area contributed by atoms with Crippen LogP contribution in [0.25, 0.3) is 0 Å². The van der Waals surface area contributed by atoms with Crippen molar-refractivity contribution in [2.75, 3.05) is 33.4 Å². The highest BCUT2D eigenvalue weighted by molar-refractivity contribution is 7.87. The van der Waals surface area contributed by atoms with E-state index in [1.54, 1.807) is 0 Å². The maximum absolute atomic E-state index is 11.9. The molecular weight excluding hydrogens is 244 g/mol. The molecule has 7 heteroatoms. The van der Waals surface area contributed by atoms with Crippen molar-refractivity contribution in [1.82, 2.24) is 9.03 Å². The fourth-order valence-electron chi connectivity index (χ4n) is 1.77. The molecule has 0 aromatic heterocycles. The zero-order valence-electron chi connectivity index (χ0n) is 10.4. The molecule has 0 amide bonds. The molecule has 2 N–H and O–H groups in total. The molecule has 1 heterocycles. The Balaban J connectivity index is 2.40. The van der Waals surface area contributed by atoms with Crippen LogP contribution in [0.15, 0.2) is 0 Å². The summed E-state index contributed by atoms with van der Waals surface area (Å²) in [6.07, 6.45) is 0.974. The zero-order chi connectivity index (χ0) is 12.9. The minimum absolute atomic E-state index is 0.0117. The van der Waals surface area contributed by atoms with Gasteiger partial charge >= 0.3 is 0 Å². The number of methoxy groups -OCH3 is 1. The predicted octanol–water partition coefficient (Wildman–Crippen LogP) is -0.440. The van der Waals surface area contributed by atoms with Crippen LogP contribution >= 0.6 is 0 Å². The number of ether oxygens (including phenoxy) is 1. The van der Waals surface area contributed by atoms with Crippen molar-refractivity contribution in [3.63, 3.8) is 0 Å². The molecule has 0 saturated carbocycles. The van der Waals surface area contributed by atoms with Gasteiger partial charge in [0.05, 0.1) is 12.7 Å². The van der Waals surface area contributed by atoms with E-state index < -0.39 is 16.3 Å². The fourth-order valence-corrected chi connectivity index (χ4v) is 3.05. The number of nitrogens with zero attached hydrogens (tertiary/aromatic N) is 1. The minimum atomic E-state index is -3.45. The van der Waals surface area contributed by atoms with Crippen LogP contribution in [0.5, 0.6) is 0 Å². The molecule has 1 aliphatic rings. The van der Waals surface area contributed by atoms with E-state index in [0.717, 1.165) is 12.8 Å². The van der Waals surface area contributed by atoms with Crippen molar-refractivity contribution in [1.29, 1.82) is 0 Å². The Labute approximate surface area is 103 Å². The average Bonchev–Trinajstić information content (AvgIpc) is 2.28. The maximum Gasteiger partial charge on any atom is 0.279 e. The Hall–Kier alpha value is -0.210. The van der Waals surface area contributed by atoms with Crippen molar-refractivity contribution >= 4 is 10.2 Å². The second-order valence-electron chi connectivity index (χ2n) is 4.54. The first-order valence-electron chi connectivity index (χ1n) is 5.87. The van der Waals surface area contributed by atoms with Crippen LogP contribution in [0, 0.1) is 5.92 Å². The molecule has 0 spiro atoms. The summed E-state index contributed by atoms with van der Waals surface area (Å²) < 4.78 is 32.3. The van der Waals surface area contributed by atoms with Gasteiger partial charge in [0, 0.05) is 26.7 Å². The van der Waals surface area contributed by atoms with Gasteiger partial charge in [-0.1, -0.05) is 6.92 Å². The summed E-state index contributed by atoms with van der Waals surface area (Å²) in [6, 6.07) is 0. The van der Waals surface area contributed by atoms with Crippen LogP contribution < -0.4 is 4.72 Å². The molecule has 1 aliphatic heterocycles. The van der Waals surface area contributed by atoms with E-state index in [1.165, 1.54) is 11.4 Å². The fraction of sp³-hybridized carbons (Fsp3) is 1.00. The number of piperidine rings is 1. The summed E-state index contributed by atoms with van der Waals surface area (Å²) in [7, 11) is -1.99. The van der Waals surface area contributed by atoms with Crippen LogP contribution in [0.4, 0.5) is 0 Å². The lowest BCUT2D eigenvalue weighted by Crippen LogP contribution is -2.47. The quantitative estimate of drug-likeness (QED) is 0.683. The number of hydrogen-bond donors (Lipinski definition) is 2. The summed E-state index contributed by atoms with van der Waals surface area (Å²) >= 11 is 0. The second-order valence-corrected chi connectivity index (χ2v) is 6.30. The first-order chi connectivity index (χ1) is 7.95. The molecule has 1 rings (SSSR count). The molecule has 1 saturated heterocycles. The smallest absolute Gasteiger partial charge is 0.279 e. The topological polar surface area (TPSA) is 78.9 Å². The van der Waals surface area contributed by atoms with E-state index in [-0.39, 0.29) is 13.2 Å². The van der Waals surface area contributed by atoms with Gasteiger partial charge in [0.1, 0.15) is 0 Å². The first kappa shape index (κ1) is 14.8. The molecule has 17 heavy (non-hydrogen) atoms. The van der Waals surface area contributed by atoms with Gasteiger partial charge in [0.2, 0.25) is 0 Å². The van der Waals surface area contributed by atoms with Gasteiger partial charge in [-0.15, -0.1) is 0 Å². The number of aliphatic hydroxyl groups is 1. The highest BCUT2D eigenvalue weighted by Crippen LogP contribution is 2.17. The van der Waals surface area contributed by atoms with E-state index in [2.05, 4.69) is 11.6 Å². The third kappa shape index (κ3) is 4.89. The Bertz CT molecular complexity index is 312. The second kappa shape index (κ2) is 6.65. The van der Waals surface area contributed by atoms with Gasteiger partial charge in [-0.05, 0) is 18.8 Å². The lowest BCUT2D eigenvalue weighted by atomic mass is 10.0. The molecular formula is C10H22N2O4S. The largest absolute Gasteiger partial charge is 0.389 e. The van der Waals surface area contributed by atoms with Crippen molar-refractivity contribution in [3.05, 3.63) is 0 Å². The normalized spacial score (nSPS) is 21.6. The lowest BCUT2D eigenvalue weighted by molar-refractivity contribution is 0.0676. The van der Waals surface area contributed by atoms with Crippen LogP contribution in [0.1, 0.15) is 19.8 Å². The number of hydrogen-bond acceptors (Lipinski definition) is 4. The molecule has 0 aliphatic carbocycles. The van der Waals surface area contributed by atoms with Gasteiger partial charge in [-0.2, -0.15) is 17.4 Å². The third-order valence-electron chi connectivity index (χ3n) is 2.94. The Morgan fingerprint density at radius 3 is 2.59 bits per heavy atom. The van der Waals surface area contributed by atoms with Crippen LogP contribution in [0.3, 0.4) is 0 Å². The molecule has 0 aromatic carbocycles. The minimum Gasteiger partial charge on any atom is -0.389 e. The van der Waals surface area contributed by atoms with Crippen LogP contribution in [-0.4, -0.2) is 57.3 Å². The molecule has 6 nitrogen and oxygen atoms in total. The van der Waals surface area contributed by atoms with Crippen molar-refractivity contribution in [2.45, 2.75) is 25.9 Å². The number of rotatable bonds is 6. The molecule has 1 atom stereocenters. The Kier molecular flexibility index (Phi) is 5.81. The molecule has 0 aromatic rings. The summed E-state index contributed by atoms with van der Waals surface area (Å²) in [4.78, 5) is 0. The van der Waals surface area contributed by atoms with E-state index in [4.69, 9.17) is 4.74 Å². The third-order valence-corrected chi connectivity index (χ3v) is 4.52. The molecule has 1 fully saturated rings. The Morgan fingerprint density at radius 2 is 2.06 bits per heavy atom. The number of aliphatic hydroxyl groups excluding tert-OH is 1. The predicted molar refractivity (Wildman–Crippen MR) is 64.8 cm³/mol. The highest BCUT2D eigenvalue weighted by atomic mass is 32.2. The lowest BCUT2D eigenvalue weighted by Gasteiger charge is -2.29. The van der Waals surface area contributed by atoms with Crippen LogP contribution in [0.2, 0.25) is 0 Å². The van der Waals surface area contributed by atoms with Crippen molar-refractivity contribution < 1.29 is 18.3 Å². The molecule has 102 valence electrons. The molecule has 0 radical (unpaired) electrons. The summed E-state index contributed by atoms with van der Waals surface area (Å²) in [5.74, 6) is 0.584. The van der Waals surface area contributed by atoms with Gasteiger partial charge in [-0.25, -0.2) is 0 Å². The van der Waals surface area contributed by atoms with Gasteiger partial charge < -0.3 is 9.84 Å². The van der Waals surface area contributed by atoms with E-state index in [9.17, 15) is 13.5 Å². The van der Waals surface area contributed by atoms with Gasteiger partial charge in [0.15, 0.2) is 0 Å². The van der Waals surface area contributed by atoms with E-state index >= 15 is 0 Å². The average molecular weight is 266 g/mol. The molecule has 0 bridgehead atoms. The van der Waals surface area contributed by atoms with Crippen molar-refractivity contribution in [2.24, 2.45) is 5.92 Å². The van der Waals surface area contributed by atoms with Crippen molar-refractivity contribution in [3.8, 4) is 0 Å². The first-order valence-corrected chi connectivity index (χ1v) is 7.31. The van der Waals surface area contributed by atoms with Gasteiger partial charge in [-0.3, -0.25) is 0 Å². The standard InChI is InChI=1S/C10H22N2O4S/c1-9-3-5-12(6-4-9)17(14,15)11-7-10(13)8-16-2/h9-11,13H,3-8H2,1-2H3. The van der Waals surface area contributed by atoms with Gasteiger partial charge in [0.25, 0.3) is 10.2 Å². The maximum atomic E-state index is 11.9. The summed E-state index contributed by atoms with van der Waals surface area (Å²) in [5, 5.41) is 9.38. The highest BCUT2D eigenvalue weighted by Gasteiger charge is 2.26. The SMILES string of the molecule is COCC(O)CNS(=O)(=O)N1CCC(C)CC1. The Morgan fingerprint density at radius 1 is 1.47 bits per heavy atom. The van der Waals surface area contributed by atoms with Crippen LogP contribution in [-0.2, 0) is 14.9 Å². The number of nitrogens with one attached hydrogen (secondary N) is 1. The monoisotopic (exact) mass is 266 g/mol. The van der Waals surface area contributed by atoms with E-state index in [0.29, 0.717) is 19.0 Å².